The highest BCUT2D eigenvalue weighted by atomic mass is 31.2. The molecule has 0 heterocycles. The highest BCUT2D eigenvalue weighted by Gasteiger charge is 2.23. The van der Waals surface area contributed by atoms with Gasteiger partial charge in [-0.25, -0.2) is 0 Å². The molecule has 0 aromatic carbocycles. The van der Waals surface area contributed by atoms with Crippen LogP contribution in [0.15, 0.2) is 109 Å². The third-order valence-corrected chi connectivity index (χ3v) is 12.7. The van der Waals surface area contributed by atoms with Crippen molar-refractivity contribution in [3.8, 4) is 0 Å². The Hall–Kier alpha value is -2.84. The topological polar surface area (TPSA) is 108 Å². The van der Waals surface area contributed by atoms with E-state index in [1.165, 1.54) is 96.3 Å². The molecular weight excluding hydrogens is 876 g/mol. The molecule has 69 heavy (non-hydrogen) atoms. The van der Waals surface area contributed by atoms with Gasteiger partial charge < -0.3 is 28.8 Å². The average Bonchev–Trinajstić information content (AvgIpc) is 3.31. The second-order valence-electron chi connectivity index (χ2n) is 19.5. The number of nitrogens with zero attached hydrogens (tertiary/aromatic N) is 1. The molecule has 396 valence electrons. The normalized spacial score (nSPS) is 14.8. The molecule has 0 bridgehead atoms. The lowest BCUT2D eigenvalue weighted by molar-refractivity contribution is -0.870. The summed E-state index contributed by atoms with van der Waals surface area (Å²) in [7, 11) is 1.21. The molecule has 0 rings (SSSR count). The van der Waals surface area contributed by atoms with Crippen LogP contribution < -0.4 is 10.2 Å². The monoisotopic (exact) mass is 981 g/mol. The van der Waals surface area contributed by atoms with E-state index in [9.17, 15) is 19.4 Å². The van der Waals surface area contributed by atoms with Crippen molar-refractivity contribution < 1.29 is 32.9 Å². The van der Waals surface area contributed by atoms with E-state index in [2.05, 4.69) is 116 Å². The van der Waals surface area contributed by atoms with Gasteiger partial charge in [0.1, 0.15) is 13.2 Å². The fourth-order valence-electron chi connectivity index (χ4n) is 7.36. The molecule has 0 saturated heterocycles. The lowest BCUT2D eigenvalue weighted by atomic mass is 10.1. The molecule has 0 aromatic rings. The zero-order chi connectivity index (χ0) is 50.6. The first-order chi connectivity index (χ1) is 33.5. The smallest absolute Gasteiger partial charge is 0.268 e. The number of unbranched alkanes of at least 4 members (excludes halogenated alkanes) is 20. The Morgan fingerprint density at radius 3 is 1.35 bits per heavy atom. The SMILES string of the molecule is CC/C=C\C/C=C\C/C=C\C/C=C\C/C=C\C/C=C\CCCCCCCCCCC(=O)NC(COP(=O)([O-])OCC[N+](C)(C)C)C(O)/C=C/CC/C=C/CC/C=C/CCCCCCCCCCCC. The predicted molar refractivity (Wildman–Crippen MR) is 297 cm³/mol. The first-order valence-electron chi connectivity index (χ1n) is 27.7. The van der Waals surface area contributed by atoms with E-state index in [0.717, 1.165) is 96.3 Å². The van der Waals surface area contributed by atoms with Gasteiger partial charge in [-0.1, -0.05) is 220 Å². The Morgan fingerprint density at radius 1 is 0.522 bits per heavy atom. The number of phosphoric acid groups is 1. The van der Waals surface area contributed by atoms with Gasteiger partial charge >= 0.3 is 0 Å². The van der Waals surface area contributed by atoms with Crippen LogP contribution in [0.25, 0.3) is 0 Å². The summed E-state index contributed by atoms with van der Waals surface area (Å²) in [6.45, 7) is 4.49. The quantitative estimate of drug-likeness (QED) is 0.0272. The zero-order valence-electron chi connectivity index (χ0n) is 45.0. The van der Waals surface area contributed by atoms with Crippen molar-refractivity contribution in [3.05, 3.63) is 109 Å². The van der Waals surface area contributed by atoms with Crippen molar-refractivity contribution in [2.45, 2.75) is 225 Å². The largest absolute Gasteiger partial charge is 0.756 e. The highest BCUT2D eigenvalue weighted by Crippen LogP contribution is 2.38. The average molecular weight is 981 g/mol. The lowest BCUT2D eigenvalue weighted by Gasteiger charge is -2.29. The molecule has 9 heteroatoms. The first-order valence-corrected chi connectivity index (χ1v) is 29.2. The number of aliphatic hydroxyl groups is 1. The van der Waals surface area contributed by atoms with E-state index in [1.807, 2.05) is 27.2 Å². The lowest BCUT2D eigenvalue weighted by Crippen LogP contribution is -2.45. The molecule has 0 fully saturated rings. The number of quaternary nitrogens is 1. The van der Waals surface area contributed by atoms with Crippen molar-refractivity contribution >= 4 is 13.7 Å². The zero-order valence-corrected chi connectivity index (χ0v) is 45.9. The number of phosphoric ester groups is 1. The maximum absolute atomic E-state index is 13.0. The van der Waals surface area contributed by atoms with E-state index < -0.39 is 26.6 Å². The highest BCUT2D eigenvalue weighted by molar-refractivity contribution is 7.45. The van der Waals surface area contributed by atoms with Crippen LogP contribution in [0.2, 0.25) is 0 Å². The van der Waals surface area contributed by atoms with E-state index in [1.54, 1.807) is 6.08 Å². The minimum Gasteiger partial charge on any atom is -0.756 e. The Balaban J connectivity index is 4.36. The molecule has 0 aromatic heterocycles. The van der Waals surface area contributed by atoms with Gasteiger partial charge in [0.25, 0.3) is 7.82 Å². The number of allylic oxidation sites excluding steroid dienone is 17. The standard InChI is InChI=1S/C60H105N2O6P/c1-6-8-10-12-14-16-18-20-22-24-26-28-29-30-31-32-33-34-36-38-40-42-44-46-48-50-52-54-60(64)61-58(57-68-69(65,66)67-56-55-62(3,4)5)59(63)53-51-49-47-45-43-41-39-37-35-27-25-23-21-19-17-15-13-11-9-7-2/h8,10,14,16,20,22,26,28,30-31,33-35,37,43,45,51,53,58-59,63H,6-7,9,11-13,15,17-19,21,23-25,27,29,32,36,38-42,44,46-50,52,54-57H2,1-5H3,(H-,61,64,65,66)/b10-8-,16-14-,22-20-,28-26-,31-30-,34-33-,37-35+,45-43+,53-51+. The summed E-state index contributed by atoms with van der Waals surface area (Å²) >= 11 is 0. The van der Waals surface area contributed by atoms with Gasteiger partial charge in [-0.3, -0.25) is 9.36 Å². The Kier molecular flexibility index (Phi) is 48.1. The number of aliphatic hydroxyl groups excluding tert-OH is 1. The maximum Gasteiger partial charge on any atom is 0.268 e. The van der Waals surface area contributed by atoms with Gasteiger partial charge in [-0.15, -0.1) is 0 Å². The second kappa shape index (κ2) is 50.1. The van der Waals surface area contributed by atoms with Gasteiger partial charge in [-0.2, -0.15) is 0 Å². The number of hydrogen-bond acceptors (Lipinski definition) is 6. The molecule has 3 atom stereocenters. The summed E-state index contributed by atoms with van der Waals surface area (Å²) in [5.41, 5.74) is 0. The number of carbonyl (C=O) groups excluding carboxylic acids is 1. The summed E-state index contributed by atoms with van der Waals surface area (Å²) < 4.78 is 23.3. The Morgan fingerprint density at radius 2 is 0.899 bits per heavy atom. The fourth-order valence-corrected chi connectivity index (χ4v) is 8.09. The summed E-state index contributed by atoms with van der Waals surface area (Å²) in [6, 6.07) is -0.923. The van der Waals surface area contributed by atoms with Crippen LogP contribution >= 0.6 is 7.82 Å². The molecule has 8 nitrogen and oxygen atoms in total. The molecular formula is C60H105N2O6P. The van der Waals surface area contributed by atoms with Gasteiger partial charge in [0.15, 0.2) is 0 Å². The molecule has 3 unspecified atom stereocenters. The van der Waals surface area contributed by atoms with Crippen molar-refractivity contribution in [2.75, 3.05) is 40.9 Å². The molecule has 0 aliphatic rings. The maximum atomic E-state index is 13.0. The van der Waals surface area contributed by atoms with Crippen molar-refractivity contribution in [2.24, 2.45) is 0 Å². The molecule has 0 aliphatic carbocycles. The van der Waals surface area contributed by atoms with Crippen LogP contribution in [0.4, 0.5) is 0 Å². The first kappa shape index (κ1) is 66.2. The fraction of sp³-hybridized carbons (Fsp3) is 0.683. The van der Waals surface area contributed by atoms with Crippen molar-refractivity contribution in [1.29, 1.82) is 0 Å². The van der Waals surface area contributed by atoms with Crippen molar-refractivity contribution in [1.82, 2.24) is 5.32 Å². The van der Waals surface area contributed by atoms with Crippen LogP contribution in [-0.4, -0.2) is 68.5 Å². The third-order valence-electron chi connectivity index (χ3n) is 11.7. The second-order valence-corrected chi connectivity index (χ2v) is 20.9. The number of nitrogens with one attached hydrogen (secondary N) is 1. The van der Waals surface area contributed by atoms with Gasteiger partial charge in [-0.05, 0) is 96.3 Å². The van der Waals surface area contributed by atoms with Gasteiger partial charge in [0, 0.05) is 6.42 Å². The summed E-state index contributed by atoms with van der Waals surface area (Å²) in [5.74, 6) is -0.224. The summed E-state index contributed by atoms with van der Waals surface area (Å²) in [6.07, 6.45) is 73.0. The number of amides is 1. The third kappa shape index (κ3) is 52.8. The molecule has 0 saturated carbocycles. The van der Waals surface area contributed by atoms with Gasteiger partial charge in [0.05, 0.1) is 39.9 Å². The van der Waals surface area contributed by atoms with E-state index >= 15 is 0 Å². The number of likely N-dealkylation sites (N-methyl/N-ethyl adjacent to an activating group) is 1. The van der Waals surface area contributed by atoms with E-state index in [0.29, 0.717) is 17.4 Å². The van der Waals surface area contributed by atoms with Crippen molar-refractivity contribution in [3.63, 3.8) is 0 Å². The Bertz CT molecular complexity index is 1490. The molecule has 0 spiro atoms. The number of rotatable bonds is 49. The molecule has 2 N–H and O–H groups in total. The summed E-state index contributed by atoms with van der Waals surface area (Å²) in [5, 5.41) is 13.8. The van der Waals surface area contributed by atoms with Crippen LogP contribution in [0.5, 0.6) is 0 Å². The predicted octanol–water partition coefficient (Wildman–Crippen LogP) is 16.2. The van der Waals surface area contributed by atoms with Crippen LogP contribution in [0.3, 0.4) is 0 Å². The minimum atomic E-state index is -4.62. The van der Waals surface area contributed by atoms with Gasteiger partial charge in [0.2, 0.25) is 5.91 Å². The van der Waals surface area contributed by atoms with E-state index in [4.69, 9.17) is 9.05 Å². The van der Waals surface area contributed by atoms with Crippen LogP contribution in [0.1, 0.15) is 213 Å². The molecule has 0 aliphatic heterocycles. The summed E-state index contributed by atoms with van der Waals surface area (Å²) in [4.78, 5) is 25.5. The molecule has 1 amide bonds. The van der Waals surface area contributed by atoms with Crippen LogP contribution in [-0.2, 0) is 18.4 Å². The minimum absolute atomic E-state index is 0.0166. The van der Waals surface area contributed by atoms with Crippen LogP contribution in [0, 0.1) is 0 Å². The molecule has 0 radical (unpaired) electrons. The number of hydrogen-bond donors (Lipinski definition) is 2. The Labute approximate surface area is 425 Å². The number of carbonyl (C=O) groups is 1. The van der Waals surface area contributed by atoms with E-state index in [-0.39, 0.29) is 12.5 Å².